The lowest BCUT2D eigenvalue weighted by Crippen LogP contribution is -2.22. The van der Waals surface area contributed by atoms with E-state index in [-0.39, 0.29) is 0 Å². The second-order valence-corrected chi connectivity index (χ2v) is 6.30. The number of pyridine rings is 1. The third-order valence-electron chi connectivity index (χ3n) is 3.85. The van der Waals surface area contributed by atoms with Crippen LogP contribution >= 0.6 is 0 Å². The first-order chi connectivity index (χ1) is 13.5. The van der Waals surface area contributed by atoms with Crippen molar-refractivity contribution < 1.29 is 9.59 Å². The number of nitrogens with zero attached hydrogens (tertiary/aromatic N) is 1. The Hall–Kier alpha value is -3.87. The molecular weight excluding hydrogens is 354 g/mol. The van der Waals surface area contributed by atoms with E-state index in [1.54, 1.807) is 18.2 Å². The molecular formula is C21H21N5O2. The molecule has 0 spiro atoms. The van der Waals surface area contributed by atoms with E-state index in [1.165, 1.54) is 0 Å². The normalized spacial score (nSPS) is 10.1. The van der Waals surface area contributed by atoms with E-state index in [0.717, 1.165) is 11.1 Å². The van der Waals surface area contributed by atoms with Crippen LogP contribution in [0.5, 0.6) is 0 Å². The van der Waals surface area contributed by atoms with Crippen molar-refractivity contribution in [2.45, 2.75) is 13.8 Å². The summed E-state index contributed by atoms with van der Waals surface area (Å²) in [5.41, 5.74) is 3.57. The fraction of sp³-hybridized carbons (Fsp3) is 0.0952. The molecule has 2 aromatic carbocycles. The molecule has 0 aliphatic heterocycles. The van der Waals surface area contributed by atoms with Crippen LogP contribution in [0.25, 0.3) is 0 Å². The topological polar surface area (TPSA) is 95.2 Å². The summed E-state index contributed by atoms with van der Waals surface area (Å²) < 4.78 is 0. The standard InChI is InChI=1S/C21H21N5O2/c1-14-6-10-16(11-7-14)22-20(27)25-18-4-3-5-19(24-18)26-21(28)23-17-12-8-15(2)9-13-17/h3-13H,1-2H3,(H4,22,23,24,25,26,27,28). The Balaban J connectivity index is 1.57. The largest absolute Gasteiger partial charge is 0.324 e. The first-order valence-corrected chi connectivity index (χ1v) is 8.74. The molecule has 0 aliphatic carbocycles. The highest BCUT2D eigenvalue weighted by atomic mass is 16.2. The minimum absolute atomic E-state index is 0.317. The van der Waals surface area contributed by atoms with Gasteiger partial charge in [0.2, 0.25) is 0 Å². The van der Waals surface area contributed by atoms with Crippen LogP contribution in [0, 0.1) is 13.8 Å². The number of anilines is 4. The van der Waals surface area contributed by atoms with Gasteiger partial charge >= 0.3 is 12.1 Å². The van der Waals surface area contributed by atoms with Crippen molar-refractivity contribution in [3.05, 3.63) is 77.9 Å². The highest BCUT2D eigenvalue weighted by Gasteiger charge is 2.07. The number of nitrogens with one attached hydrogen (secondary N) is 4. The predicted molar refractivity (Wildman–Crippen MR) is 112 cm³/mol. The fourth-order valence-corrected chi connectivity index (χ4v) is 2.41. The molecule has 7 heteroatoms. The van der Waals surface area contributed by atoms with Crippen LogP contribution < -0.4 is 21.3 Å². The Labute approximate surface area is 163 Å². The summed E-state index contributed by atoms with van der Waals surface area (Å²) in [6.45, 7) is 3.95. The van der Waals surface area contributed by atoms with Gasteiger partial charge in [-0.25, -0.2) is 14.6 Å². The van der Waals surface area contributed by atoms with Crippen LogP contribution in [0.2, 0.25) is 0 Å². The van der Waals surface area contributed by atoms with Crippen LogP contribution in [0.1, 0.15) is 11.1 Å². The van der Waals surface area contributed by atoms with Crippen LogP contribution in [-0.2, 0) is 0 Å². The molecule has 28 heavy (non-hydrogen) atoms. The molecule has 0 unspecified atom stereocenters. The summed E-state index contributed by atoms with van der Waals surface area (Å²) in [5.74, 6) is 0.635. The Morgan fingerprint density at radius 2 is 1.00 bits per heavy atom. The minimum atomic E-state index is -0.419. The summed E-state index contributed by atoms with van der Waals surface area (Å²) in [5, 5.41) is 10.7. The van der Waals surface area contributed by atoms with Gasteiger partial charge in [0, 0.05) is 11.4 Å². The van der Waals surface area contributed by atoms with Gasteiger partial charge in [0.1, 0.15) is 11.6 Å². The number of amides is 4. The van der Waals surface area contributed by atoms with Gasteiger partial charge in [-0.2, -0.15) is 0 Å². The Bertz CT molecular complexity index is 892. The summed E-state index contributed by atoms with van der Waals surface area (Å²) in [6, 6.07) is 19.0. The first-order valence-electron chi connectivity index (χ1n) is 8.74. The number of aryl methyl sites for hydroxylation is 2. The van der Waals surface area contributed by atoms with Crippen molar-refractivity contribution in [3.8, 4) is 0 Å². The Morgan fingerprint density at radius 3 is 1.39 bits per heavy atom. The molecule has 1 aromatic heterocycles. The van der Waals surface area contributed by atoms with Crippen molar-refractivity contribution in [1.82, 2.24) is 4.98 Å². The van der Waals surface area contributed by atoms with Crippen molar-refractivity contribution in [1.29, 1.82) is 0 Å². The third-order valence-corrected chi connectivity index (χ3v) is 3.85. The monoisotopic (exact) mass is 375 g/mol. The highest BCUT2D eigenvalue weighted by Crippen LogP contribution is 2.13. The zero-order chi connectivity index (χ0) is 19.9. The summed E-state index contributed by atoms with van der Waals surface area (Å²) in [7, 11) is 0. The van der Waals surface area contributed by atoms with E-state index in [2.05, 4.69) is 26.3 Å². The third kappa shape index (κ3) is 5.57. The number of aromatic nitrogens is 1. The van der Waals surface area contributed by atoms with Gasteiger partial charge in [0.15, 0.2) is 0 Å². The lowest BCUT2D eigenvalue weighted by molar-refractivity contribution is 0.261. The van der Waals surface area contributed by atoms with Crippen molar-refractivity contribution in [2.75, 3.05) is 21.3 Å². The molecule has 0 atom stereocenters. The molecule has 7 nitrogen and oxygen atoms in total. The second kappa shape index (κ2) is 8.68. The number of benzene rings is 2. The van der Waals surface area contributed by atoms with Crippen LogP contribution in [0.3, 0.4) is 0 Å². The average Bonchev–Trinajstić information content (AvgIpc) is 2.66. The molecule has 0 saturated carbocycles. The molecule has 0 fully saturated rings. The molecule has 4 N–H and O–H groups in total. The quantitative estimate of drug-likeness (QED) is 0.517. The maximum Gasteiger partial charge on any atom is 0.324 e. The lowest BCUT2D eigenvalue weighted by atomic mass is 10.2. The highest BCUT2D eigenvalue weighted by molar-refractivity contribution is 6.00. The average molecular weight is 375 g/mol. The van der Waals surface area contributed by atoms with Crippen molar-refractivity contribution in [3.63, 3.8) is 0 Å². The number of carbonyl (C=O) groups is 2. The van der Waals surface area contributed by atoms with Crippen molar-refractivity contribution >= 4 is 35.1 Å². The van der Waals surface area contributed by atoms with E-state index >= 15 is 0 Å². The first kappa shape index (κ1) is 18.9. The summed E-state index contributed by atoms with van der Waals surface area (Å²) in [4.78, 5) is 28.4. The summed E-state index contributed by atoms with van der Waals surface area (Å²) >= 11 is 0. The van der Waals surface area contributed by atoms with E-state index in [9.17, 15) is 9.59 Å². The van der Waals surface area contributed by atoms with Gasteiger partial charge in [-0.15, -0.1) is 0 Å². The Morgan fingerprint density at radius 1 is 0.607 bits per heavy atom. The molecule has 3 rings (SSSR count). The molecule has 0 aliphatic rings. The lowest BCUT2D eigenvalue weighted by Gasteiger charge is -2.10. The molecule has 0 bridgehead atoms. The van der Waals surface area contributed by atoms with Gasteiger partial charge in [-0.05, 0) is 50.2 Å². The maximum absolute atomic E-state index is 12.1. The van der Waals surface area contributed by atoms with Gasteiger partial charge in [-0.3, -0.25) is 10.6 Å². The number of urea groups is 2. The van der Waals surface area contributed by atoms with Crippen molar-refractivity contribution in [2.24, 2.45) is 0 Å². The van der Waals surface area contributed by atoms with Gasteiger partial charge < -0.3 is 10.6 Å². The predicted octanol–water partition coefficient (Wildman–Crippen LogP) is 4.99. The smallest absolute Gasteiger partial charge is 0.308 e. The fourth-order valence-electron chi connectivity index (χ4n) is 2.41. The zero-order valence-electron chi connectivity index (χ0n) is 15.6. The number of rotatable bonds is 4. The molecule has 4 amide bonds. The summed E-state index contributed by atoms with van der Waals surface area (Å²) in [6.07, 6.45) is 0. The van der Waals surface area contributed by atoms with E-state index in [4.69, 9.17) is 0 Å². The van der Waals surface area contributed by atoms with Crippen LogP contribution in [-0.4, -0.2) is 17.0 Å². The number of hydrogen-bond acceptors (Lipinski definition) is 3. The molecule has 3 aromatic rings. The van der Waals surface area contributed by atoms with Gasteiger partial charge in [-0.1, -0.05) is 41.5 Å². The maximum atomic E-state index is 12.1. The molecule has 0 saturated heterocycles. The molecule has 142 valence electrons. The zero-order valence-corrected chi connectivity index (χ0v) is 15.6. The van der Waals surface area contributed by atoms with Gasteiger partial charge in [0.05, 0.1) is 0 Å². The van der Waals surface area contributed by atoms with Crippen LogP contribution in [0.15, 0.2) is 66.7 Å². The van der Waals surface area contributed by atoms with E-state index in [0.29, 0.717) is 23.0 Å². The molecule has 0 radical (unpaired) electrons. The minimum Gasteiger partial charge on any atom is -0.308 e. The van der Waals surface area contributed by atoms with Crippen LogP contribution in [0.4, 0.5) is 32.6 Å². The second-order valence-electron chi connectivity index (χ2n) is 6.30. The number of hydrogen-bond donors (Lipinski definition) is 4. The van der Waals surface area contributed by atoms with Gasteiger partial charge in [0.25, 0.3) is 0 Å². The van der Waals surface area contributed by atoms with E-state index < -0.39 is 12.1 Å². The van der Waals surface area contributed by atoms with E-state index in [1.807, 2.05) is 62.4 Å². The Kier molecular flexibility index (Phi) is 5.86. The number of carbonyl (C=O) groups excluding carboxylic acids is 2. The SMILES string of the molecule is Cc1ccc(NC(=O)Nc2cccc(NC(=O)Nc3ccc(C)cc3)n2)cc1. The molecule has 1 heterocycles.